The number of hydrogen-bond acceptors (Lipinski definition) is 5. The number of carbonyl (C=O) groups is 1. The van der Waals surface area contributed by atoms with Gasteiger partial charge in [-0.3, -0.25) is 9.36 Å². The average Bonchev–Trinajstić information content (AvgIpc) is 3.05. The summed E-state index contributed by atoms with van der Waals surface area (Å²) in [6, 6.07) is 12.7. The molecule has 3 aromatic rings. The highest BCUT2D eigenvalue weighted by Crippen LogP contribution is 2.30. The van der Waals surface area contributed by atoms with Crippen LogP contribution in [0.3, 0.4) is 0 Å². The minimum absolute atomic E-state index is 0.151. The van der Waals surface area contributed by atoms with E-state index in [1.54, 1.807) is 18.2 Å². The summed E-state index contributed by atoms with van der Waals surface area (Å²) < 4.78 is 7.36. The molecule has 0 unspecified atom stereocenters. The molecule has 28 heavy (non-hydrogen) atoms. The van der Waals surface area contributed by atoms with Crippen molar-refractivity contribution in [3.63, 3.8) is 0 Å². The van der Waals surface area contributed by atoms with Crippen LogP contribution in [0, 0.1) is 6.92 Å². The van der Waals surface area contributed by atoms with E-state index in [-0.39, 0.29) is 11.7 Å². The number of aromatic nitrogens is 3. The lowest BCUT2D eigenvalue weighted by atomic mass is 10.3. The summed E-state index contributed by atoms with van der Waals surface area (Å²) in [6.07, 6.45) is 0. The lowest BCUT2D eigenvalue weighted by molar-refractivity contribution is -0.113. The van der Waals surface area contributed by atoms with Crippen molar-refractivity contribution in [3.05, 3.63) is 58.3 Å². The summed E-state index contributed by atoms with van der Waals surface area (Å²) in [7, 11) is 0. The Bertz CT molecular complexity index is 977. The molecule has 2 aromatic carbocycles. The summed E-state index contributed by atoms with van der Waals surface area (Å²) in [5, 5.41) is 12.4. The van der Waals surface area contributed by atoms with E-state index in [2.05, 4.69) is 15.5 Å². The Morgan fingerprint density at radius 3 is 2.64 bits per heavy atom. The van der Waals surface area contributed by atoms with Crippen LogP contribution in [0.15, 0.2) is 47.6 Å². The van der Waals surface area contributed by atoms with Crippen molar-refractivity contribution in [2.45, 2.75) is 19.0 Å². The van der Waals surface area contributed by atoms with Gasteiger partial charge in [0.05, 0.1) is 28.1 Å². The molecule has 146 valence electrons. The number of carbonyl (C=O) groups excluding carboxylic acids is 1. The molecular formula is C19H18Cl2N4O2S. The van der Waals surface area contributed by atoms with Crippen LogP contribution < -0.4 is 10.1 Å². The lowest BCUT2D eigenvalue weighted by Gasteiger charge is -2.10. The van der Waals surface area contributed by atoms with Gasteiger partial charge in [-0.15, -0.1) is 10.2 Å². The van der Waals surface area contributed by atoms with Crippen LogP contribution in [0.4, 0.5) is 5.69 Å². The van der Waals surface area contributed by atoms with Crippen molar-refractivity contribution in [3.8, 4) is 11.4 Å². The standard InChI is InChI=1S/C19H18Cl2N4O2S/c1-3-27-14-9-7-13(8-10-14)25-12(2)23-24-19(25)28-11-17(26)22-16-6-4-5-15(20)18(16)21/h4-10H,3,11H2,1-2H3,(H,22,26). The number of ether oxygens (including phenoxy) is 1. The number of amides is 1. The topological polar surface area (TPSA) is 69.0 Å². The first kappa shape index (κ1) is 20.5. The van der Waals surface area contributed by atoms with Crippen molar-refractivity contribution in [1.29, 1.82) is 0 Å². The second kappa shape index (κ2) is 9.32. The van der Waals surface area contributed by atoms with Crippen LogP contribution in [0.2, 0.25) is 10.0 Å². The number of benzene rings is 2. The fraction of sp³-hybridized carbons (Fsp3) is 0.211. The van der Waals surface area contributed by atoms with Gasteiger partial charge in [-0.2, -0.15) is 0 Å². The summed E-state index contributed by atoms with van der Waals surface area (Å²) >= 11 is 13.4. The molecule has 3 rings (SSSR count). The minimum atomic E-state index is -0.215. The van der Waals surface area contributed by atoms with E-state index in [1.165, 1.54) is 11.8 Å². The van der Waals surface area contributed by atoms with Crippen molar-refractivity contribution in [2.24, 2.45) is 0 Å². The fourth-order valence-corrected chi connectivity index (χ4v) is 3.65. The molecule has 1 N–H and O–H groups in total. The molecule has 0 aliphatic rings. The number of halogens is 2. The zero-order valence-corrected chi connectivity index (χ0v) is 17.6. The van der Waals surface area contributed by atoms with Gasteiger partial charge in [0.25, 0.3) is 0 Å². The second-order valence-electron chi connectivity index (χ2n) is 5.73. The largest absolute Gasteiger partial charge is 0.494 e. The molecule has 0 saturated heterocycles. The van der Waals surface area contributed by atoms with E-state index in [9.17, 15) is 4.79 Å². The Morgan fingerprint density at radius 2 is 1.93 bits per heavy atom. The van der Waals surface area contributed by atoms with E-state index in [1.807, 2.05) is 42.7 Å². The normalized spacial score (nSPS) is 10.7. The van der Waals surface area contributed by atoms with Crippen molar-refractivity contribution in [1.82, 2.24) is 14.8 Å². The Hall–Kier alpha value is -2.22. The molecule has 0 bridgehead atoms. The number of aryl methyl sites for hydroxylation is 1. The molecule has 0 atom stereocenters. The zero-order valence-electron chi connectivity index (χ0n) is 15.3. The number of thioether (sulfide) groups is 1. The Labute approximate surface area is 177 Å². The maximum absolute atomic E-state index is 12.3. The maximum Gasteiger partial charge on any atom is 0.234 e. The van der Waals surface area contributed by atoms with E-state index in [0.717, 1.165) is 17.3 Å². The second-order valence-corrected chi connectivity index (χ2v) is 7.46. The SMILES string of the molecule is CCOc1ccc(-n2c(C)nnc2SCC(=O)Nc2cccc(Cl)c2Cl)cc1. The van der Waals surface area contributed by atoms with Crippen molar-refractivity contribution < 1.29 is 9.53 Å². The van der Waals surface area contributed by atoms with Crippen LogP contribution in [-0.2, 0) is 4.79 Å². The first-order valence-corrected chi connectivity index (χ1v) is 10.3. The quantitative estimate of drug-likeness (QED) is 0.526. The molecule has 0 saturated carbocycles. The third kappa shape index (κ3) is 4.79. The smallest absolute Gasteiger partial charge is 0.234 e. The molecule has 0 aliphatic heterocycles. The van der Waals surface area contributed by atoms with Gasteiger partial charge in [0.2, 0.25) is 5.91 Å². The molecule has 1 heterocycles. The predicted molar refractivity (Wildman–Crippen MR) is 113 cm³/mol. The Morgan fingerprint density at radius 1 is 1.18 bits per heavy atom. The number of anilines is 1. The van der Waals surface area contributed by atoms with Gasteiger partial charge < -0.3 is 10.1 Å². The third-order valence-electron chi connectivity index (χ3n) is 3.76. The summed E-state index contributed by atoms with van der Waals surface area (Å²) in [5.41, 5.74) is 1.37. The minimum Gasteiger partial charge on any atom is -0.494 e. The van der Waals surface area contributed by atoms with E-state index < -0.39 is 0 Å². The molecule has 0 radical (unpaired) electrons. The monoisotopic (exact) mass is 436 g/mol. The molecular weight excluding hydrogens is 419 g/mol. The number of rotatable bonds is 7. The number of nitrogens with zero attached hydrogens (tertiary/aromatic N) is 3. The maximum atomic E-state index is 12.3. The van der Waals surface area contributed by atoms with E-state index >= 15 is 0 Å². The molecule has 1 aromatic heterocycles. The first-order valence-electron chi connectivity index (χ1n) is 8.51. The van der Waals surface area contributed by atoms with Gasteiger partial charge in [-0.05, 0) is 50.2 Å². The van der Waals surface area contributed by atoms with Gasteiger partial charge in [-0.1, -0.05) is 41.0 Å². The van der Waals surface area contributed by atoms with Gasteiger partial charge in [-0.25, -0.2) is 0 Å². The highest BCUT2D eigenvalue weighted by molar-refractivity contribution is 7.99. The van der Waals surface area contributed by atoms with E-state index in [0.29, 0.717) is 27.5 Å². The lowest BCUT2D eigenvalue weighted by Crippen LogP contribution is -2.15. The summed E-state index contributed by atoms with van der Waals surface area (Å²) in [6.45, 7) is 4.41. The van der Waals surface area contributed by atoms with Crippen LogP contribution in [0.25, 0.3) is 5.69 Å². The van der Waals surface area contributed by atoms with Crippen LogP contribution >= 0.6 is 35.0 Å². The van der Waals surface area contributed by atoms with E-state index in [4.69, 9.17) is 27.9 Å². The molecule has 6 nitrogen and oxygen atoms in total. The van der Waals surface area contributed by atoms with Gasteiger partial charge in [0, 0.05) is 5.69 Å². The van der Waals surface area contributed by atoms with Gasteiger partial charge >= 0.3 is 0 Å². The average molecular weight is 437 g/mol. The molecule has 0 aliphatic carbocycles. The summed E-state index contributed by atoms with van der Waals surface area (Å²) in [4.78, 5) is 12.3. The van der Waals surface area contributed by atoms with Crippen LogP contribution in [0.5, 0.6) is 5.75 Å². The fourth-order valence-electron chi connectivity index (χ4n) is 2.51. The van der Waals surface area contributed by atoms with Crippen LogP contribution in [-0.4, -0.2) is 33.0 Å². The Balaban J connectivity index is 1.70. The number of hydrogen-bond donors (Lipinski definition) is 1. The molecule has 9 heteroatoms. The number of nitrogens with one attached hydrogen (secondary N) is 1. The summed E-state index contributed by atoms with van der Waals surface area (Å²) in [5.74, 6) is 1.46. The van der Waals surface area contributed by atoms with Crippen molar-refractivity contribution in [2.75, 3.05) is 17.7 Å². The highest BCUT2D eigenvalue weighted by Gasteiger charge is 2.14. The highest BCUT2D eigenvalue weighted by atomic mass is 35.5. The zero-order chi connectivity index (χ0) is 20.1. The van der Waals surface area contributed by atoms with Gasteiger partial charge in [0.15, 0.2) is 5.16 Å². The molecule has 0 spiro atoms. The predicted octanol–water partition coefficient (Wildman–Crippen LogP) is 5.01. The molecule has 1 amide bonds. The Kier molecular flexibility index (Phi) is 6.83. The molecule has 0 fully saturated rings. The van der Waals surface area contributed by atoms with Crippen molar-refractivity contribution >= 4 is 46.6 Å². The van der Waals surface area contributed by atoms with Gasteiger partial charge in [0.1, 0.15) is 11.6 Å². The third-order valence-corrected chi connectivity index (χ3v) is 5.51. The van der Waals surface area contributed by atoms with Crippen LogP contribution in [0.1, 0.15) is 12.7 Å². The first-order chi connectivity index (χ1) is 13.5.